The van der Waals surface area contributed by atoms with Crippen LogP contribution in [0.2, 0.25) is 0 Å². The maximum Gasteiger partial charge on any atom is 0.326 e. The van der Waals surface area contributed by atoms with Crippen molar-refractivity contribution in [2.75, 3.05) is 0 Å². The first-order chi connectivity index (χ1) is 9.04. The van der Waals surface area contributed by atoms with E-state index in [1.54, 1.807) is 19.1 Å². The van der Waals surface area contributed by atoms with Crippen LogP contribution in [-0.4, -0.2) is 23.0 Å². The van der Waals surface area contributed by atoms with Gasteiger partial charge in [0.05, 0.1) is 0 Å². The largest absolute Gasteiger partial charge is 0.480 e. The highest BCUT2D eigenvalue weighted by Crippen LogP contribution is 2.07. The molecule has 0 bridgehead atoms. The van der Waals surface area contributed by atoms with E-state index in [4.69, 9.17) is 5.11 Å². The van der Waals surface area contributed by atoms with E-state index in [1.807, 2.05) is 25.1 Å². The molecule has 1 amide bonds. The van der Waals surface area contributed by atoms with Gasteiger partial charge in [0.2, 0.25) is 0 Å². The van der Waals surface area contributed by atoms with Crippen molar-refractivity contribution in [3.8, 4) is 11.8 Å². The topological polar surface area (TPSA) is 66.4 Å². The lowest BCUT2D eigenvalue weighted by molar-refractivity contribution is -0.142. The van der Waals surface area contributed by atoms with Crippen LogP contribution >= 0.6 is 0 Å². The fourth-order valence-electron chi connectivity index (χ4n) is 1.51. The zero-order chi connectivity index (χ0) is 14.3. The van der Waals surface area contributed by atoms with Crippen molar-refractivity contribution in [1.82, 2.24) is 5.32 Å². The van der Waals surface area contributed by atoms with Gasteiger partial charge >= 0.3 is 5.97 Å². The molecule has 0 fully saturated rings. The Morgan fingerprint density at radius 3 is 2.47 bits per heavy atom. The fraction of sp³-hybridized carbons (Fsp3) is 0.333. The van der Waals surface area contributed by atoms with Crippen LogP contribution < -0.4 is 5.32 Å². The average molecular weight is 259 g/mol. The van der Waals surface area contributed by atoms with Crippen LogP contribution in [0.5, 0.6) is 0 Å². The number of carboxylic acids is 1. The molecular weight excluding hydrogens is 242 g/mol. The molecule has 0 aliphatic rings. The van der Waals surface area contributed by atoms with Crippen LogP contribution in [-0.2, 0) is 9.59 Å². The van der Waals surface area contributed by atoms with Gasteiger partial charge in [-0.05, 0) is 18.1 Å². The molecule has 0 saturated heterocycles. The van der Waals surface area contributed by atoms with Crippen LogP contribution in [0.4, 0.5) is 0 Å². The van der Waals surface area contributed by atoms with E-state index in [2.05, 4.69) is 17.2 Å². The number of benzene rings is 1. The molecule has 4 nitrogen and oxygen atoms in total. The van der Waals surface area contributed by atoms with Crippen LogP contribution in [0, 0.1) is 17.8 Å². The highest BCUT2D eigenvalue weighted by atomic mass is 16.4. The van der Waals surface area contributed by atoms with Gasteiger partial charge < -0.3 is 10.4 Å². The van der Waals surface area contributed by atoms with Gasteiger partial charge in [-0.1, -0.05) is 44.4 Å². The maximum atomic E-state index is 11.6. The normalized spacial score (nSPS) is 12.7. The van der Waals surface area contributed by atoms with Crippen molar-refractivity contribution in [3.63, 3.8) is 0 Å². The molecule has 0 spiro atoms. The molecule has 0 aromatic heterocycles. The van der Waals surface area contributed by atoms with Crippen molar-refractivity contribution in [3.05, 3.63) is 35.9 Å². The lowest BCUT2D eigenvalue weighted by atomic mass is 9.99. The molecule has 19 heavy (non-hydrogen) atoms. The Morgan fingerprint density at radius 1 is 1.32 bits per heavy atom. The molecule has 4 heteroatoms. The summed E-state index contributed by atoms with van der Waals surface area (Å²) >= 11 is 0. The number of nitrogens with one attached hydrogen (secondary N) is 1. The summed E-state index contributed by atoms with van der Waals surface area (Å²) in [6.07, 6.45) is 0.670. The van der Waals surface area contributed by atoms with E-state index >= 15 is 0 Å². The Hall–Kier alpha value is -2.28. The quantitative estimate of drug-likeness (QED) is 0.808. The predicted octanol–water partition coefficient (Wildman–Crippen LogP) is 1.65. The second kappa shape index (κ2) is 7.22. The maximum absolute atomic E-state index is 11.6. The van der Waals surface area contributed by atoms with Gasteiger partial charge in [0.25, 0.3) is 5.91 Å². The predicted molar refractivity (Wildman–Crippen MR) is 72.3 cm³/mol. The molecule has 0 unspecified atom stereocenters. The Morgan fingerprint density at radius 2 is 1.95 bits per heavy atom. The van der Waals surface area contributed by atoms with Crippen molar-refractivity contribution in [2.45, 2.75) is 26.3 Å². The first kappa shape index (κ1) is 14.8. The second-order valence-electron chi connectivity index (χ2n) is 4.29. The van der Waals surface area contributed by atoms with E-state index in [0.717, 1.165) is 0 Å². The van der Waals surface area contributed by atoms with Gasteiger partial charge in [-0.25, -0.2) is 4.79 Å². The second-order valence-corrected chi connectivity index (χ2v) is 4.29. The molecule has 0 heterocycles. The third-order valence-corrected chi connectivity index (χ3v) is 2.86. The van der Waals surface area contributed by atoms with Crippen molar-refractivity contribution in [2.24, 2.45) is 5.92 Å². The summed E-state index contributed by atoms with van der Waals surface area (Å²) in [7, 11) is 0. The number of hydrogen-bond acceptors (Lipinski definition) is 2. The highest BCUT2D eigenvalue weighted by molar-refractivity contribution is 5.96. The molecule has 2 N–H and O–H groups in total. The van der Waals surface area contributed by atoms with Gasteiger partial charge in [-0.3, -0.25) is 4.79 Å². The molecule has 0 saturated carbocycles. The first-order valence-corrected chi connectivity index (χ1v) is 6.15. The highest BCUT2D eigenvalue weighted by Gasteiger charge is 2.24. The van der Waals surface area contributed by atoms with Crippen LogP contribution in [0.25, 0.3) is 0 Å². The minimum atomic E-state index is -1.04. The minimum Gasteiger partial charge on any atom is -0.480 e. The van der Waals surface area contributed by atoms with Gasteiger partial charge in [-0.15, -0.1) is 0 Å². The van der Waals surface area contributed by atoms with Gasteiger partial charge in [-0.2, -0.15) is 0 Å². The monoisotopic (exact) mass is 259 g/mol. The lowest BCUT2D eigenvalue weighted by Gasteiger charge is -2.18. The molecule has 0 aliphatic heterocycles. The van der Waals surface area contributed by atoms with E-state index in [9.17, 15) is 9.59 Å². The van der Waals surface area contributed by atoms with Crippen molar-refractivity contribution in [1.29, 1.82) is 0 Å². The average Bonchev–Trinajstić information content (AvgIpc) is 2.42. The molecule has 2 atom stereocenters. The number of rotatable bonds is 4. The summed E-state index contributed by atoms with van der Waals surface area (Å²) in [6, 6.07) is 8.16. The van der Waals surface area contributed by atoms with E-state index in [-0.39, 0.29) is 5.92 Å². The third kappa shape index (κ3) is 4.84. The van der Waals surface area contributed by atoms with Gasteiger partial charge in [0.15, 0.2) is 0 Å². The Labute approximate surface area is 112 Å². The first-order valence-electron chi connectivity index (χ1n) is 6.15. The van der Waals surface area contributed by atoms with Crippen LogP contribution in [0.1, 0.15) is 25.8 Å². The van der Waals surface area contributed by atoms with E-state index in [1.165, 1.54) is 0 Å². The number of carboxylic acid groups (broad SMARTS) is 1. The number of aliphatic carboxylic acids is 1. The zero-order valence-electron chi connectivity index (χ0n) is 11.0. The molecule has 1 aromatic carbocycles. The molecule has 1 rings (SSSR count). The summed E-state index contributed by atoms with van der Waals surface area (Å²) in [5, 5.41) is 11.5. The molecular formula is C15H17NO3. The fourth-order valence-corrected chi connectivity index (χ4v) is 1.51. The van der Waals surface area contributed by atoms with E-state index < -0.39 is 17.9 Å². The Kier molecular flexibility index (Phi) is 5.62. The van der Waals surface area contributed by atoms with Gasteiger partial charge in [0, 0.05) is 11.5 Å². The zero-order valence-corrected chi connectivity index (χ0v) is 11.0. The minimum absolute atomic E-state index is 0.139. The smallest absolute Gasteiger partial charge is 0.326 e. The van der Waals surface area contributed by atoms with Gasteiger partial charge in [0.1, 0.15) is 6.04 Å². The Balaban J connectivity index is 2.69. The SMILES string of the molecule is CC[C@H](C)[C@H](NC(=O)C#Cc1ccccc1)C(=O)O. The van der Waals surface area contributed by atoms with Crippen LogP contribution in [0.15, 0.2) is 30.3 Å². The van der Waals surface area contributed by atoms with Crippen molar-refractivity contribution < 1.29 is 14.7 Å². The number of carbonyl (C=O) groups is 2. The molecule has 0 aliphatic carbocycles. The number of amides is 1. The summed E-state index contributed by atoms with van der Waals surface area (Å²) in [6.45, 7) is 3.66. The summed E-state index contributed by atoms with van der Waals surface area (Å²) in [5.41, 5.74) is 0.716. The standard InChI is InChI=1S/C15H17NO3/c1-3-11(2)14(15(18)19)16-13(17)10-9-12-7-5-4-6-8-12/h4-8,11,14H,3H2,1-2H3,(H,16,17)(H,18,19)/t11-,14-/m0/s1. The molecule has 1 aromatic rings. The van der Waals surface area contributed by atoms with Crippen molar-refractivity contribution >= 4 is 11.9 Å². The molecule has 0 radical (unpaired) electrons. The molecule has 100 valence electrons. The Bertz CT molecular complexity index is 499. The van der Waals surface area contributed by atoms with E-state index in [0.29, 0.717) is 12.0 Å². The number of hydrogen-bond donors (Lipinski definition) is 2. The summed E-state index contributed by atoms with van der Waals surface area (Å²) in [4.78, 5) is 22.7. The number of carbonyl (C=O) groups excluding carboxylic acids is 1. The lowest BCUT2D eigenvalue weighted by Crippen LogP contribution is -2.44. The summed E-state index contributed by atoms with van der Waals surface area (Å²) in [5.74, 6) is 3.34. The van der Waals surface area contributed by atoms with Crippen LogP contribution in [0.3, 0.4) is 0 Å². The summed E-state index contributed by atoms with van der Waals surface area (Å²) < 4.78 is 0. The third-order valence-electron chi connectivity index (χ3n) is 2.86.